The zero-order valence-corrected chi connectivity index (χ0v) is 13.5. The molecule has 3 rings (SSSR count). The van der Waals surface area contributed by atoms with E-state index in [1.807, 2.05) is 42.5 Å². The van der Waals surface area contributed by atoms with Gasteiger partial charge in [0.2, 0.25) is 0 Å². The summed E-state index contributed by atoms with van der Waals surface area (Å²) in [5.74, 6) is 0. The summed E-state index contributed by atoms with van der Waals surface area (Å²) in [5.41, 5.74) is 8.39. The summed E-state index contributed by atoms with van der Waals surface area (Å²) >= 11 is 10.1. The highest BCUT2D eigenvalue weighted by Crippen LogP contribution is 2.30. The van der Waals surface area contributed by atoms with E-state index in [1.165, 1.54) is 0 Å². The number of aromatic nitrogens is 1. The maximum absolute atomic E-state index is 5.75. The van der Waals surface area contributed by atoms with Gasteiger partial charge in [-0.3, -0.25) is 0 Å². The van der Waals surface area contributed by atoms with Crippen LogP contribution in [0, 0.1) is 0 Å². The van der Waals surface area contributed by atoms with Crippen molar-refractivity contribution in [1.29, 1.82) is 0 Å². The van der Waals surface area contributed by atoms with Crippen molar-refractivity contribution in [2.75, 3.05) is 5.32 Å². The highest BCUT2D eigenvalue weighted by Gasteiger charge is 2.09. The molecule has 0 saturated heterocycles. The van der Waals surface area contributed by atoms with Crippen LogP contribution < -0.4 is 11.1 Å². The molecule has 6 heteroatoms. The Kier molecular flexibility index (Phi) is 3.69. The van der Waals surface area contributed by atoms with Crippen molar-refractivity contribution in [3.63, 3.8) is 0 Å². The van der Waals surface area contributed by atoms with Crippen LogP contribution in [-0.4, -0.2) is 9.97 Å². The summed E-state index contributed by atoms with van der Waals surface area (Å²) in [6.45, 7) is 0. The molecule has 3 N–H and O–H groups in total. The van der Waals surface area contributed by atoms with Crippen molar-refractivity contribution in [3.8, 4) is 0 Å². The molecular formula is C14H10BrN3S2. The molecule has 0 aliphatic rings. The Morgan fingerprint density at radius 1 is 1.25 bits per heavy atom. The number of thiocarbonyl (C=S) groups is 1. The number of hydrogen-bond acceptors (Lipinski definition) is 4. The van der Waals surface area contributed by atoms with Gasteiger partial charge in [-0.1, -0.05) is 51.6 Å². The van der Waals surface area contributed by atoms with Gasteiger partial charge in [-0.15, -0.1) is 0 Å². The second kappa shape index (κ2) is 5.47. The first kappa shape index (κ1) is 13.5. The van der Waals surface area contributed by atoms with Crippen molar-refractivity contribution in [2.45, 2.75) is 0 Å². The molecule has 100 valence electrons. The van der Waals surface area contributed by atoms with Crippen LogP contribution in [0.15, 0.2) is 46.9 Å². The molecule has 1 heterocycles. The van der Waals surface area contributed by atoms with Gasteiger partial charge in [-0.25, -0.2) is 4.98 Å². The Morgan fingerprint density at radius 3 is 2.80 bits per heavy atom. The number of rotatable bonds is 3. The zero-order valence-electron chi connectivity index (χ0n) is 10.3. The van der Waals surface area contributed by atoms with Gasteiger partial charge in [-0.2, -0.15) is 0 Å². The Morgan fingerprint density at radius 2 is 2.05 bits per heavy atom. The first-order valence-corrected chi connectivity index (χ1v) is 7.87. The Hall–Kier alpha value is -1.50. The van der Waals surface area contributed by atoms with Crippen LogP contribution in [-0.2, 0) is 0 Å². The minimum atomic E-state index is 0.362. The third-order valence-electron chi connectivity index (χ3n) is 2.78. The Labute approximate surface area is 134 Å². The lowest BCUT2D eigenvalue weighted by atomic mass is 10.2. The van der Waals surface area contributed by atoms with Crippen molar-refractivity contribution in [1.82, 2.24) is 4.98 Å². The standard InChI is InChI=1S/C14H10BrN3S2/c15-8-5-6-9(13(16)19)11(7-8)18-14-17-10-3-1-2-4-12(10)20-14/h1-7H,(H2,16,19)(H,17,18). The maximum Gasteiger partial charge on any atom is 0.188 e. The lowest BCUT2D eigenvalue weighted by molar-refractivity contribution is 1.43. The minimum Gasteiger partial charge on any atom is -0.389 e. The normalized spacial score (nSPS) is 10.7. The monoisotopic (exact) mass is 363 g/mol. The van der Waals surface area contributed by atoms with Crippen molar-refractivity contribution < 1.29 is 0 Å². The fourth-order valence-electron chi connectivity index (χ4n) is 1.88. The van der Waals surface area contributed by atoms with Crippen LogP contribution in [0.25, 0.3) is 10.2 Å². The number of anilines is 2. The molecule has 0 bridgehead atoms. The Bertz CT molecular complexity index is 765. The van der Waals surface area contributed by atoms with Gasteiger partial charge in [0.25, 0.3) is 0 Å². The van der Waals surface area contributed by atoms with Crippen LogP contribution in [0.2, 0.25) is 0 Å². The predicted octanol–water partition coefficient (Wildman–Crippen LogP) is 4.44. The van der Waals surface area contributed by atoms with Gasteiger partial charge in [0.1, 0.15) is 4.99 Å². The molecule has 0 aliphatic carbocycles. The molecule has 3 nitrogen and oxygen atoms in total. The van der Waals surface area contributed by atoms with Gasteiger partial charge in [0.15, 0.2) is 5.13 Å². The lowest BCUT2D eigenvalue weighted by Gasteiger charge is -2.09. The summed E-state index contributed by atoms with van der Waals surface area (Å²) in [7, 11) is 0. The topological polar surface area (TPSA) is 50.9 Å². The van der Waals surface area contributed by atoms with E-state index in [-0.39, 0.29) is 0 Å². The highest BCUT2D eigenvalue weighted by molar-refractivity contribution is 9.10. The number of hydrogen-bond donors (Lipinski definition) is 2. The molecule has 0 spiro atoms. The van der Waals surface area contributed by atoms with Crippen LogP contribution in [0.1, 0.15) is 5.56 Å². The van der Waals surface area contributed by atoms with Gasteiger partial charge >= 0.3 is 0 Å². The third kappa shape index (κ3) is 2.67. The van der Waals surface area contributed by atoms with Crippen LogP contribution in [0.5, 0.6) is 0 Å². The Balaban J connectivity index is 2.01. The highest BCUT2D eigenvalue weighted by atomic mass is 79.9. The summed E-state index contributed by atoms with van der Waals surface area (Å²) in [6.07, 6.45) is 0. The molecule has 2 aromatic carbocycles. The van der Waals surface area contributed by atoms with E-state index in [2.05, 4.69) is 26.2 Å². The molecular weight excluding hydrogens is 354 g/mol. The number of nitrogens with two attached hydrogens (primary N) is 1. The van der Waals surface area contributed by atoms with E-state index in [0.29, 0.717) is 4.99 Å². The molecule has 0 atom stereocenters. The molecule has 20 heavy (non-hydrogen) atoms. The van der Waals surface area contributed by atoms with E-state index in [0.717, 1.165) is 31.1 Å². The number of halogens is 1. The molecule has 0 fully saturated rings. The van der Waals surface area contributed by atoms with E-state index in [4.69, 9.17) is 18.0 Å². The van der Waals surface area contributed by atoms with E-state index in [9.17, 15) is 0 Å². The first-order chi connectivity index (χ1) is 9.63. The average Bonchev–Trinajstić information content (AvgIpc) is 2.80. The van der Waals surface area contributed by atoms with Gasteiger partial charge in [0, 0.05) is 10.0 Å². The van der Waals surface area contributed by atoms with Gasteiger partial charge in [0.05, 0.1) is 15.9 Å². The maximum atomic E-state index is 5.75. The van der Waals surface area contributed by atoms with E-state index >= 15 is 0 Å². The van der Waals surface area contributed by atoms with Crippen molar-refractivity contribution in [3.05, 3.63) is 52.5 Å². The summed E-state index contributed by atoms with van der Waals surface area (Å²) in [4.78, 5) is 4.91. The summed E-state index contributed by atoms with van der Waals surface area (Å²) in [6, 6.07) is 13.8. The van der Waals surface area contributed by atoms with Gasteiger partial charge in [-0.05, 0) is 30.3 Å². The van der Waals surface area contributed by atoms with E-state index < -0.39 is 0 Å². The molecule has 0 aliphatic heterocycles. The fourth-order valence-corrected chi connectivity index (χ4v) is 3.29. The second-order valence-corrected chi connectivity index (χ2v) is 6.55. The third-order valence-corrected chi connectivity index (χ3v) is 4.45. The number of fused-ring (bicyclic) bond motifs is 1. The quantitative estimate of drug-likeness (QED) is 0.675. The lowest BCUT2D eigenvalue weighted by Crippen LogP contribution is -2.11. The average molecular weight is 364 g/mol. The smallest absolute Gasteiger partial charge is 0.188 e. The predicted molar refractivity (Wildman–Crippen MR) is 92.9 cm³/mol. The largest absolute Gasteiger partial charge is 0.389 e. The number of nitrogens with zero attached hydrogens (tertiary/aromatic N) is 1. The minimum absolute atomic E-state index is 0.362. The van der Waals surface area contributed by atoms with Crippen LogP contribution >= 0.6 is 39.5 Å². The number of nitrogens with one attached hydrogen (secondary N) is 1. The molecule has 0 unspecified atom stereocenters. The number of para-hydroxylation sites is 1. The second-order valence-electron chi connectivity index (χ2n) is 4.17. The van der Waals surface area contributed by atoms with Crippen molar-refractivity contribution >= 4 is 65.5 Å². The van der Waals surface area contributed by atoms with Gasteiger partial charge < -0.3 is 11.1 Å². The molecule has 0 saturated carbocycles. The van der Waals surface area contributed by atoms with E-state index in [1.54, 1.807) is 11.3 Å². The SMILES string of the molecule is NC(=S)c1ccc(Br)cc1Nc1nc2ccccc2s1. The van der Waals surface area contributed by atoms with Crippen molar-refractivity contribution in [2.24, 2.45) is 5.73 Å². The number of benzene rings is 2. The number of thiazole rings is 1. The van der Waals surface area contributed by atoms with Crippen LogP contribution in [0.3, 0.4) is 0 Å². The molecule has 0 radical (unpaired) electrons. The molecule has 0 amide bonds. The summed E-state index contributed by atoms with van der Waals surface area (Å²) < 4.78 is 2.10. The molecule has 1 aromatic heterocycles. The summed E-state index contributed by atoms with van der Waals surface area (Å²) in [5, 5.41) is 4.12. The fraction of sp³-hybridized carbons (Fsp3) is 0. The zero-order chi connectivity index (χ0) is 14.1. The first-order valence-electron chi connectivity index (χ1n) is 5.85. The molecule has 3 aromatic rings. The van der Waals surface area contributed by atoms with Crippen LogP contribution in [0.4, 0.5) is 10.8 Å².